The number of hydrogen-bond acceptors (Lipinski definition) is 3. The standard InChI is InChI=1S/C16H16N2OS/c1-10-6-11(2)14(12(3)7-10)8-15(19)18-16-13(9-17)4-5-20-16/h4-7H,8H2,1-3H3,(H,18,19). The number of nitriles is 1. The minimum atomic E-state index is -0.0843. The third-order valence-electron chi connectivity index (χ3n) is 3.22. The van der Waals surface area contributed by atoms with Crippen molar-refractivity contribution in [2.24, 2.45) is 0 Å². The first-order chi connectivity index (χ1) is 9.51. The molecular weight excluding hydrogens is 268 g/mol. The monoisotopic (exact) mass is 284 g/mol. The molecule has 1 aromatic carbocycles. The van der Waals surface area contributed by atoms with Gasteiger partial charge in [0.1, 0.15) is 11.1 Å². The SMILES string of the molecule is Cc1cc(C)c(CC(=O)Nc2sccc2C#N)c(C)c1. The number of rotatable bonds is 3. The number of thiophene rings is 1. The normalized spacial score (nSPS) is 10.1. The highest BCUT2D eigenvalue weighted by molar-refractivity contribution is 7.14. The van der Waals surface area contributed by atoms with Crippen molar-refractivity contribution in [3.8, 4) is 6.07 Å². The smallest absolute Gasteiger partial charge is 0.229 e. The van der Waals surface area contributed by atoms with Gasteiger partial charge in [0.25, 0.3) is 0 Å². The summed E-state index contributed by atoms with van der Waals surface area (Å²) in [5, 5.41) is 14.2. The van der Waals surface area contributed by atoms with Gasteiger partial charge in [-0.1, -0.05) is 17.7 Å². The van der Waals surface area contributed by atoms with Crippen LogP contribution in [0.1, 0.15) is 27.8 Å². The summed E-state index contributed by atoms with van der Waals surface area (Å²) in [6, 6.07) is 7.95. The summed E-state index contributed by atoms with van der Waals surface area (Å²) in [5.74, 6) is -0.0843. The molecule has 2 aromatic rings. The Labute approximate surface area is 122 Å². The fourth-order valence-electron chi connectivity index (χ4n) is 2.31. The molecule has 0 bridgehead atoms. The molecule has 0 spiro atoms. The van der Waals surface area contributed by atoms with Crippen LogP contribution in [0.4, 0.5) is 5.00 Å². The number of nitrogens with one attached hydrogen (secondary N) is 1. The molecule has 4 heteroatoms. The zero-order chi connectivity index (χ0) is 14.7. The Morgan fingerprint density at radius 1 is 1.30 bits per heavy atom. The van der Waals surface area contributed by atoms with E-state index in [4.69, 9.17) is 5.26 Å². The molecule has 2 rings (SSSR count). The van der Waals surface area contributed by atoms with Crippen LogP contribution >= 0.6 is 11.3 Å². The van der Waals surface area contributed by atoms with Crippen molar-refractivity contribution in [3.05, 3.63) is 51.4 Å². The molecule has 0 unspecified atom stereocenters. The zero-order valence-corrected chi connectivity index (χ0v) is 12.6. The molecular formula is C16H16N2OS. The second-order valence-corrected chi connectivity index (χ2v) is 5.79. The topological polar surface area (TPSA) is 52.9 Å². The van der Waals surface area contributed by atoms with Crippen molar-refractivity contribution in [3.63, 3.8) is 0 Å². The quantitative estimate of drug-likeness (QED) is 0.933. The van der Waals surface area contributed by atoms with Gasteiger partial charge in [-0.3, -0.25) is 4.79 Å². The van der Waals surface area contributed by atoms with E-state index >= 15 is 0 Å². The van der Waals surface area contributed by atoms with Crippen molar-refractivity contribution in [1.29, 1.82) is 5.26 Å². The summed E-state index contributed by atoms with van der Waals surface area (Å²) in [4.78, 5) is 12.1. The Hall–Kier alpha value is -2.12. The lowest BCUT2D eigenvalue weighted by Gasteiger charge is -2.11. The van der Waals surface area contributed by atoms with Gasteiger partial charge in [0.2, 0.25) is 5.91 Å². The van der Waals surface area contributed by atoms with Gasteiger partial charge < -0.3 is 5.32 Å². The third kappa shape index (κ3) is 3.06. The molecule has 0 saturated heterocycles. The van der Waals surface area contributed by atoms with Gasteiger partial charge in [-0.15, -0.1) is 11.3 Å². The molecule has 0 radical (unpaired) electrons. The molecule has 0 aliphatic carbocycles. The third-order valence-corrected chi connectivity index (χ3v) is 4.05. The summed E-state index contributed by atoms with van der Waals surface area (Å²) in [6.45, 7) is 6.09. The first-order valence-corrected chi connectivity index (χ1v) is 7.23. The van der Waals surface area contributed by atoms with E-state index in [0.29, 0.717) is 17.0 Å². The number of hydrogen-bond donors (Lipinski definition) is 1. The second kappa shape index (κ2) is 5.89. The van der Waals surface area contributed by atoms with Crippen LogP contribution in [0, 0.1) is 32.1 Å². The lowest BCUT2D eigenvalue weighted by atomic mass is 9.97. The molecule has 1 aromatic heterocycles. The van der Waals surface area contributed by atoms with Gasteiger partial charge in [-0.2, -0.15) is 5.26 Å². The Balaban J connectivity index is 2.15. The maximum absolute atomic E-state index is 12.1. The molecule has 1 amide bonds. The van der Waals surface area contributed by atoms with Crippen LogP contribution in [0.5, 0.6) is 0 Å². The van der Waals surface area contributed by atoms with Crippen LogP contribution in [0.2, 0.25) is 0 Å². The van der Waals surface area contributed by atoms with Gasteiger partial charge in [0, 0.05) is 0 Å². The Morgan fingerprint density at radius 2 is 1.95 bits per heavy atom. The van der Waals surface area contributed by atoms with Crippen LogP contribution in [0.3, 0.4) is 0 Å². The van der Waals surface area contributed by atoms with E-state index in [9.17, 15) is 4.79 Å². The first kappa shape index (κ1) is 14.3. The van der Waals surface area contributed by atoms with Crippen molar-refractivity contribution < 1.29 is 4.79 Å². The Morgan fingerprint density at radius 3 is 2.55 bits per heavy atom. The largest absolute Gasteiger partial charge is 0.316 e. The zero-order valence-electron chi connectivity index (χ0n) is 11.8. The molecule has 3 nitrogen and oxygen atoms in total. The maximum Gasteiger partial charge on any atom is 0.229 e. The van der Waals surface area contributed by atoms with Gasteiger partial charge in [0.15, 0.2) is 0 Å². The molecule has 0 atom stereocenters. The highest BCUT2D eigenvalue weighted by atomic mass is 32.1. The summed E-state index contributed by atoms with van der Waals surface area (Å²) in [5.41, 5.74) is 5.03. The van der Waals surface area contributed by atoms with Crippen LogP contribution in [-0.2, 0) is 11.2 Å². The van der Waals surface area contributed by atoms with E-state index in [-0.39, 0.29) is 5.91 Å². The minimum Gasteiger partial charge on any atom is -0.316 e. The fraction of sp³-hybridized carbons (Fsp3) is 0.250. The van der Waals surface area contributed by atoms with E-state index in [2.05, 4.69) is 30.4 Å². The Kier molecular flexibility index (Phi) is 4.21. The fourth-order valence-corrected chi connectivity index (χ4v) is 3.07. The first-order valence-electron chi connectivity index (χ1n) is 6.35. The van der Waals surface area contributed by atoms with Gasteiger partial charge >= 0.3 is 0 Å². The molecule has 1 heterocycles. The highest BCUT2D eigenvalue weighted by Gasteiger charge is 2.12. The van der Waals surface area contributed by atoms with E-state index in [0.717, 1.165) is 16.7 Å². The van der Waals surface area contributed by atoms with E-state index in [1.807, 2.05) is 13.8 Å². The van der Waals surface area contributed by atoms with Crippen molar-refractivity contribution in [2.75, 3.05) is 5.32 Å². The minimum absolute atomic E-state index is 0.0843. The van der Waals surface area contributed by atoms with Crippen molar-refractivity contribution >= 4 is 22.2 Å². The summed E-state index contributed by atoms with van der Waals surface area (Å²) >= 11 is 1.37. The predicted molar refractivity (Wildman–Crippen MR) is 82.0 cm³/mol. The van der Waals surface area contributed by atoms with Gasteiger partial charge in [0.05, 0.1) is 12.0 Å². The van der Waals surface area contributed by atoms with E-state index in [1.165, 1.54) is 16.9 Å². The van der Waals surface area contributed by atoms with Crippen molar-refractivity contribution in [2.45, 2.75) is 27.2 Å². The highest BCUT2D eigenvalue weighted by Crippen LogP contribution is 2.23. The molecule has 1 N–H and O–H groups in total. The van der Waals surface area contributed by atoms with Crippen LogP contribution in [0.15, 0.2) is 23.6 Å². The van der Waals surface area contributed by atoms with Gasteiger partial charge in [-0.05, 0) is 48.9 Å². The molecule has 0 aliphatic rings. The maximum atomic E-state index is 12.1. The van der Waals surface area contributed by atoms with E-state index in [1.54, 1.807) is 11.4 Å². The molecule has 102 valence electrons. The number of benzene rings is 1. The van der Waals surface area contributed by atoms with Crippen LogP contribution in [0.25, 0.3) is 0 Å². The summed E-state index contributed by atoms with van der Waals surface area (Å²) < 4.78 is 0. The van der Waals surface area contributed by atoms with Crippen LogP contribution in [-0.4, -0.2) is 5.91 Å². The average molecular weight is 284 g/mol. The Bertz CT molecular complexity index is 672. The number of aryl methyl sites for hydroxylation is 3. The average Bonchev–Trinajstić information content (AvgIpc) is 2.81. The summed E-state index contributed by atoms with van der Waals surface area (Å²) in [6.07, 6.45) is 0.334. The molecule has 20 heavy (non-hydrogen) atoms. The molecule has 0 saturated carbocycles. The van der Waals surface area contributed by atoms with E-state index < -0.39 is 0 Å². The number of carbonyl (C=O) groups excluding carboxylic acids is 1. The second-order valence-electron chi connectivity index (χ2n) is 4.88. The lowest BCUT2D eigenvalue weighted by molar-refractivity contribution is -0.115. The number of anilines is 1. The molecule has 0 fully saturated rings. The predicted octanol–water partition coefficient (Wildman–Crippen LogP) is 3.73. The lowest BCUT2D eigenvalue weighted by Crippen LogP contribution is -2.15. The number of nitrogens with zero attached hydrogens (tertiary/aromatic N) is 1. The molecule has 0 aliphatic heterocycles. The number of carbonyl (C=O) groups is 1. The number of amides is 1. The van der Waals surface area contributed by atoms with Crippen molar-refractivity contribution in [1.82, 2.24) is 0 Å². The summed E-state index contributed by atoms with van der Waals surface area (Å²) in [7, 11) is 0. The van der Waals surface area contributed by atoms with Crippen LogP contribution < -0.4 is 5.32 Å². The van der Waals surface area contributed by atoms with Gasteiger partial charge in [-0.25, -0.2) is 0 Å².